The fourth-order valence-corrected chi connectivity index (χ4v) is 3.61. The maximum Gasteiger partial charge on any atom is 0.181 e. The van der Waals surface area contributed by atoms with Crippen LogP contribution < -0.4 is 5.32 Å². The molecule has 3 heterocycles. The predicted octanol–water partition coefficient (Wildman–Crippen LogP) is 4.18. The van der Waals surface area contributed by atoms with Crippen molar-refractivity contribution in [2.45, 2.75) is 38.6 Å². The molecule has 120 valence electrons. The third kappa shape index (κ3) is 2.85. The topological polar surface area (TPSA) is 60.0 Å². The number of anilines is 2. The van der Waals surface area contributed by atoms with Crippen molar-refractivity contribution in [2.75, 3.05) is 5.32 Å². The Labute approximate surface area is 143 Å². The lowest BCUT2D eigenvalue weighted by molar-refractivity contribution is 0.274. The summed E-state index contributed by atoms with van der Waals surface area (Å²) in [5, 5.41) is 7.87. The Morgan fingerprint density at radius 2 is 2.00 bits per heavy atom. The monoisotopic (exact) mass is 374 g/mol. The van der Waals surface area contributed by atoms with Crippen molar-refractivity contribution in [1.82, 2.24) is 24.1 Å². The van der Waals surface area contributed by atoms with Crippen LogP contribution in [-0.4, -0.2) is 24.1 Å². The smallest absolute Gasteiger partial charge is 0.181 e. The van der Waals surface area contributed by atoms with Crippen molar-refractivity contribution >= 4 is 33.1 Å². The summed E-state index contributed by atoms with van der Waals surface area (Å²) < 4.78 is 4.92. The fraction of sp³-hybridized carbons (Fsp3) is 0.438. The molecule has 0 aliphatic heterocycles. The lowest BCUT2D eigenvalue weighted by Crippen LogP contribution is -2.16. The Hall–Kier alpha value is -1.89. The maximum absolute atomic E-state index is 4.54. The number of fused-ring (bicyclic) bond motifs is 1. The number of aromatic nitrogens is 5. The lowest BCUT2D eigenvalue weighted by atomic mass is 9.87. The van der Waals surface area contributed by atoms with Crippen LogP contribution in [0.2, 0.25) is 0 Å². The van der Waals surface area contributed by atoms with Gasteiger partial charge in [0.2, 0.25) is 0 Å². The highest BCUT2D eigenvalue weighted by molar-refractivity contribution is 9.10. The quantitative estimate of drug-likeness (QED) is 0.746. The number of nitrogens with one attached hydrogen (secondary N) is 1. The molecule has 0 amide bonds. The van der Waals surface area contributed by atoms with Gasteiger partial charge in [0, 0.05) is 18.6 Å². The molecule has 6 nitrogen and oxygen atoms in total. The molecule has 0 saturated heterocycles. The van der Waals surface area contributed by atoms with Gasteiger partial charge in [-0.3, -0.25) is 9.08 Å². The molecule has 1 aliphatic rings. The van der Waals surface area contributed by atoms with Gasteiger partial charge < -0.3 is 5.32 Å². The van der Waals surface area contributed by atoms with Gasteiger partial charge in [-0.2, -0.15) is 5.10 Å². The summed E-state index contributed by atoms with van der Waals surface area (Å²) in [6.45, 7) is 2.33. The Kier molecular flexibility index (Phi) is 3.80. The minimum Gasteiger partial charge on any atom is -0.335 e. The molecule has 0 bridgehead atoms. The van der Waals surface area contributed by atoms with E-state index in [1.807, 2.05) is 16.8 Å². The highest BCUT2D eigenvalue weighted by Crippen LogP contribution is 2.32. The van der Waals surface area contributed by atoms with E-state index in [2.05, 4.69) is 54.1 Å². The van der Waals surface area contributed by atoms with Gasteiger partial charge in [-0.1, -0.05) is 6.92 Å². The van der Waals surface area contributed by atoms with Gasteiger partial charge in [-0.25, -0.2) is 9.97 Å². The number of nitrogens with zero attached hydrogens (tertiary/aromatic N) is 5. The van der Waals surface area contributed by atoms with Gasteiger partial charge in [-0.05, 0) is 47.5 Å². The van der Waals surface area contributed by atoms with Crippen LogP contribution in [0.5, 0.6) is 0 Å². The summed E-state index contributed by atoms with van der Waals surface area (Å²) in [4.78, 5) is 8.79. The molecule has 4 rings (SSSR count). The number of imidazole rings is 1. The van der Waals surface area contributed by atoms with Crippen LogP contribution in [0.3, 0.4) is 0 Å². The van der Waals surface area contributed by atoms with Crippen LogP contribution in [0.15, 0.2) is 35.6 Å². The minimum atomic E-state index is 0.520. The van der Waals surface area contributed by atoms with Gasteiger partial charge >= 0.3 is 0 Å². The van der Waals surface area contributed by atoms with Gasteiger partial charge in [0.15, 0.2) is 11.5 Å². The summed E-state index contributed by atoms with van der Waals surface area (Å²) in [7, 11) is 0. The van der Waals surface area contributed by atoms with Crippen LogP contribution in [0.25, 0.3) is 5.65 Å². The Morgan fingerprint density at radius 3 is 2.83 bits per heavy atom. The molecule has 0 spiro atoms. The summed E-state index contributed by atoms with van der Waals surface area (Å²) >= 11 is 3.47. The zero-order valence-corrected chi connectivity index (χ0v) is 14.6. The first-order valence-electron chi connectivity index (χ1n) is 7.99. The normalized spacial score (nSPS) is 21.7. The van der Waals surface area contributed by atoms with E-state index in [1.165, 1.54) is 25.7 Å². The number of rotatable bonds is 3. The molecule has 0 aromatic carbocycles. The van der Waals surface area contributed by atoms with Gasteiger partial charge in [0.1, 0.15) is 4.60 Å². The third-order valence-electron chi connectivity index (χ3n) is 4.61. The zero-order valence-electron chi connectivity index (χ0n) is 13.0. The second-order valence-corrected chi connectivity index (χ2v) is 7.11. The standard InChI is InChI=1S/C16H19BrN6/c1-11-2-4-13(5-3-11)23-10-12(8-20-23)21-15-16-18-6-7-22(16)14(17)9-19-15/h6-11,13H,2-5H2,1H3,(H,19,21). The van der Waals surface area contributed by atoms with Gasteiger partial charge in [0.05, 0.1) is 24.1 Å². The van der Waals surface area contributed by atoms with Crippen molar-refractivity contribution in [3.05, 3.63) is 35.6 Å². The van der Waals surface area contributed by atoms with Crippen molar-refractivity contribution in [2.24, 2.45) is 5.92 Å². The average Bonchev–Trinajstić information content (AvgIpc) is 3.21. The first-order valence-corrected chi connectivity index (χ1v) is 8.79. The second kappa shape index (κ2) is 5.96. The molecule has 0 atom stereocenters. The lowest BCUT2D eigenvalue weighted by Gasteiger charge is -2.26. The molecular weight excluding hydrogens is 356 g/mol. The Balaban J connectivity index is 1.55. The first-order chi connectivity index (χ1) is 11.2. The molecule has 1 aliphatic carbocycles. The van der Waals surface area contributed by atoms with Gasteiger partial charge in [0.25, 0.3) is 0 Å². The summed E-state index contributed by atoms with van der Waals surface area (Å²) in [6, 6.07) is 0.520. The molecule has 23 heavy (non-hydrogen) atoms. The minimum absolute atomic E-state index is 0.520. The van der Waals surface area contributed by atoms with E-state index in [4.69, 9.17) is 0 Å². The van der Waals surface area contributed by atoms with Crippen LogP contribution in [0.4, 0.5) is 11.5 Å². The number of hydrogen-bond donors (Lipinski definition) is 1. The SMILES string of the molecule is CC1CCC(n2cc(Nc3ncc(Br)n4ccnc34)cn2)CC1. The Bertz CT molecular complexity index is 815. The van der Waals surface area contributed by atoms with Crippen molar-refractivity contribution in [3.63, 3.8) is 0 Å². The molecule has 0 radical (unpaired) electrons. The van der Waals surface area contributed by atoms with Crippen LogP contribution >= 0.6 is 15.9 Å². The van der Waals surface area contributed by atoms with E-state index in [9.17, 15) is 0 Å². The summed E-state index contributed by atoms with van der Waals surface area (Å²) in [5.41, 5.74) is 1.74. The van der Waals surface area contributed by atoms with Crippen LogP contribution in [0.1, 0.15) is 38.6 Å². The van der Waals surface area contributed by atoms with Crippen molar-refractivity contribution in [3.8, 4) is 0 Å². The zero-order chi connectivity index (χ0) is 15.8. The van der Waals surface area contributed by atoms with Crippen molar-refractivity contribution in [1.29, 1.82) is 0 Å². The van der Waals surface area contributed by atoms with E-state index < -0.39 is 0 Å². The fourth-order valence-electron chi connectivity index (χ4n) is 3.22. The average molecular weight is 375 g/mol. The van der Waals surface area contributed by atoms with Gasteiger partial charge in [-0.15, -0.1) is 0 Å². The molecule has 0 unspecified atom stereocenters. The molecule has 3 aromatic heterocycles. The van der Waals surface area contributed by atoms with E-state index in [-0.39, 0.29) is 0 Å². The molecular formula is C16H19BrN6. The number of hydrogen-bond acceptors (Lipinski definition) is 4. The summed E-state index contributed by atoms with van der Waals surface area (Å²) in [6.07, 6.45) is 14.4. The highest BCUT2D eigenvalue weighted by atomic mass is 79.9. The molecule has 7 heteroatoms. The van der Waals surface area contributed by atoms with Crippen molar-refractivity contribution < 1.29 is 0 Å². The highest BCUT2D eigenvalue weighted by Gasteiger charge is 2.20. The number of halogens is 1. The Morgan fingerprint density at radius 1 is 1.17 bits per heavy atom. The van der Waals surface area contributed by atoms with Crippen LogP contribution in [0, 0.1) is 5.92 Å². The molecule has 1 fully saturated rings. The third-order valence-corrected chi connectivity index (χ3v) is 5.19. The molecule has 1 N–H and O–H groups in total. The molecule has 1 saturated carbocycles. The largest absolute Gasteiger partial charge is 0.335 e. The maximum atomic E-state index is 4.54. The first kappa shape index (κ1) is 14.7. The van der Waals surface area contributed by atoms with E-state index in [1.54, 1.807) is 12.4 Å². The molecule has 3 aromatic rings. The summed E-state index contributed by atoms with van der Waals surface area (Å²) in [5.74, 6) is 1.58. The predicted molar refractivity (Wildman–Crippen MR) is 92.9 cm³/mol. The van der Waals surface area contributed by atoms with Crippen LogP contribution in [-0.2, 0) is 0 Å². The second-order valence-electron chi connectivity index (χ2n) is 6.30. The van der Waals surface area contributed by atoms with E-state index >= 15 is 0 Å². The van der Waals surface area contributed by atoms with E-state index in [0.29, 0.717) is 6.04 Å². The van der Waals surface area contributed by atoms with E-state index in [0.717, 1.165) is 27.7 Å².